The van der Waals surface area contributed by atoms with Gasteiger partial charge in [0.2, 0.25) is 0 Å². The van der Waals surface area contributed by atoms with Gasteiger partial charge in [0.05, 0.1) is 5.75 Å². The third-order valence-corrected chi connectivity index (χ3v) is 3.69. The third kappa shape index (κ3) is 2.41. The van der Waals surface area contributed by atoms with Gasteiger partial charge in [0, 0.05) is 24.0 Å². The first-order valence-corrected chi connectivity index (χ1v) is 6.22. The number of hydrogen-bond donors (Lipinski definition) is 1. The molecule has 0 aliphatic rings. The van der Waals surface area contributed by atoms with E-state index in [1.54, 1.807) is 0 Å². The van der Waals surface area contributed by atoms with Gasteiger partial charge >= 0.3 is 0 Å². The largest absolute Gasteiger partial charge is 0.351 e. The molecular formula is C11H14N4OS. The van der Waals surface area contributed by atoms with Crippen molar-refractivity contribution in [2.75, 3.05) is 5.75 Å². The van der Waals surface area contributed by atoms with Crippen molar-refractivity contribution >= 4 is 17.5 Å². The highest BCUT2D eigenvalue weighted by atomic mass is 32.2. The topological polar surface area (TPSA) is 63.6 Å². The van der Waals surface area contributed by atoms with Crippen LogP contribution in [0.3, 0.4) is 0 Å². The number of nitrogens with one attached hydrogen (secondary N) is 1. The Kier molecular flexibility index (Phi) is 3.33. The first-order valence-electron chi connectivity index (χ1n) is 5.24. The second-order valence-electron chi connectivity index (χ2n) is 3.85. The van der Waals surface area contributed by atoms with Crippen molar-refractivity contribution in [1.82, 2.24) is 19.7 Å². The molecule has 6 heteroatoms. The average Bonchev–Trinajstić information content (AvgIpc) is 2.91. The maximum atomic E-state index is 12.0. The SMILES string of the molecule is Cc1cc(C(=O)CSc2ncn[nH]2)c(C)n1C. The Balaban J connectivity index is 2.07. The fourth-order valence-corrected chi connectivity index (χ4v) is 2.28. The Bertz CT molecular complexity index is 530. The Labute approximate surface area is 104 Å². The minimum absolute atomic E-state index is 0.118. The fourth-order valence-electron chi connectivity index (χ4n) is 1.61. The Morgan fingerprint density at radius 2 is 2.29 bits per heavy atom. The van der Waals surface area contributed by atoms with Crippen LogP contribution in [0.25, 0.3) is 0 Å². The van der Waals surface area contributed by atoms with Crippen molar-refractivity contribution in [2.24, 2.45) is 7.05 Å². The van der Waals surface area contributed by atoms with Crippen LogP contribution in [-0.2, 0) is 7.05 Å². The first kappa shape index (κ1) is 11.9. The summed E-state index contributed by atoms with van der Waals surface area (Å²) in [7, 11) is 1.96. The molecule has 0 amide bonds. The summed E-state index contributed by atoms with van der Waals surface area (Å²) in [6, 6.07) is 1.93. The number of carbonyl (C=O) groups is 1. The van der Waals surface area contributed by atoms with E-state index in [4.69, 9.17) is 0 Å². The minimum Gasteiger partial charge on any atom is -0.351 e. The van der Waals surface area contributed by atoms with Gasteiger partial charge in [0.15, 0.2) is 10.9 Å². The van der Waals surface area contributed by atoms with Gasteiger partial charge < -0.3 is 4.57 Å². The van der Waals surface area contributed by atoms with Gasteiger partial charge in [-0.05, 0) is 19.9 Å². The van der Waals surface area contributed by atoms with Crippen LogP contribution < -0.4 is 0 Å². The first-order chi connectivity index (χ1) is 8.09. The molecule has 0 aliphatic heterocycles. The summed E-state index contributed by atoms with van der Waals surface area (Å²) < 4.78 is 2.02. The van der Waals surface area contributed by atoms with Gasteiger partial charge in [-0.3, -0.25) is 9.89 Å². The highest BCUT2D eigenvalue weighted by molar-refractivity contribution is 7.99. The predicted molar refractivity (Wildman–Crippen MR) is 66.3 cm³/mol. The van der Waals surface area contributed by atoms with E-state index in [2.05, 4.69) is 15.2 Å². The van der Waals surface area contributed by atoms with Crippen molar-refractivity contribution in [3.05, 3.63) is 29.3 Å². The van der Waals surface area contributed by atoms with Crippen molar-refractivity contribution in [3.63, 3.8) is 0 Å². The van der Waals surface area contributed by atoms with Crippen LogP contribution in [0.2, 0.25) is 0 Å². The molecule has 0 saturated heterocycles. The molecule has 1 N–H and O–H groups in total. The lowest BCUT2D eigenvalue weighted by Gasteiger charge is -2.01. The molecule has 0 aliphatic carbocycles. The highest BCUT2D eigenvalue weighted by Crippen LogP contribution is 2.18. The molecule has 0 fully saturated rings. The number of aromatic nitrogens is 4. The predicted octanol–water partition coefficient (Wildman–Crippen LogP) is 1.74. The molecule has 0 spiro atoms. The zero-order valence-corrected chi connectivity index (χ0v) is 10.8. The maximum Gasteiger partial charge on any atom is 0.183 e. The van der Waals surface area contributed by atoms with Crippen LogP contribution in [0.5, 0.6) is 0 Å². The summed E-state index contributed by atoms with van der Waals surface area (Å²) in [5, 5.41) is 7.13. The van der Waals surface area contributed by atoms with Gasteiger partial charge in [-0.2, -0.15) is 5.10 Å². The fraction of sp³-hybridized carbons (Fsp3) is 0.364. The summed E-state index contributed by atoms with van der Waals surface area (Å²) >= 11 is 1.37. The minimum atomic E-state index is 0.118. The summed E-state index contributed by atoms with van der Waals surface area (Å²) in [5.74, 6) is 0.493. The quantitative estimate of drug-likeness (QED) is 0.663. The van der Waals surface area contributed by atoms with Crippen LogP contribution in [-0.4, -0.2) is 31.3 Å². The smallest absolute Gasteiger partial charge is 0.183 e. The lowest BCUT2D eigenvalue weighted by molar-refractivity contribution is 0.102. The number of aromatic amines is 1. The number of aryl methyl sites for hydroxylation is 1. The number of Topliss-reactive ketones (excluding diaryl/α,β-unsaturated/α-hetero) is 1. The molecule has 0 unspecified atom stereocenters. The van der Waals surface area contributed by atoms with E-state index in [1.165, 1.54) is 18.1 Å². The normalized spacial score (nSPS) is 10.8. The molecule has 0 atom stereocenters. The Hall–Kier alpha value is -1.56. The lowest BCUT2D eigenvalue weighted by Crippen LogP contribution is -2.04. The zero-order valence-electron chi connectivity index (χ0n) is 10.0. The van der Waals surface area contributed by atoms with Crippen molar-refractivity contribution < 1.29 is 4.79 Å². The van der Waals surface area contributed by atoms with E-state index in [-0.39, 0.29) is 5.78 Å². The number of hydrogen-bond acceptors (Lipinski definition) is 4. The molecule has 0 radical (unpaired) electrons. The number of H-pyrrole nitrogens is 1. The van der Waals surface area contributed by atoms with Crippen molar-refractivity contribution in [3.8, 4) is 0 Å². The molecule has 2 heterocycles. The summed E-state index contributed by atoms with van der Waals surface area (Å²) in [4.78, 5) is 16.0. The lowest BCUT2D eigenvalue weighted by atomic mass is 10.2. The monoisotopic (exact) mass is 250 g/mol. The molecule has 90 valence electrons. The molecule has 2 aromatic heterocycles. The van der Waals surface area contributed by atoms with Gasteiger partial charge in [-0.15, -0.1) is 0 Å². The Morgan fingerprint density at radius 3 is 2.82 bits per heavy atom. The van der Waals surface area contributed by atoms with Gasteiger partial charge in [-0.25, -0.2) is 4.98 Å². The highest BCUT2D eigenvalue weighted by Gasteiger charge is 2.14. The number of ketones is 1. The van der Waals surface area contributed by atoms with Crippen LogP contribution in [0, 0.1) is 13.8 Å². The maximum absolute atomic E-state index is 12.0. The van der Waals surface area contributed by atoms with E-state index in [9.17, 15) is 4.79 Å². The molecule has 5 nitrogen and oxygen atoms in total. The van der Waals surface area contributed by atoms with Crippen LogP contribution in [0.1, 0.15) is 21.7 Å². The van der Waals surface area contributed by atoms with Gasteiger partial charge in [-0.1, -0.05) is 11.8 Å². The van der Waals surface area contributed by atoms with E-state index in [0.29, 0.717) is 10.9 Å². The number of rotatable bonds is 4. The van der Waals surface area contributed by atoms with E-state index in [1.807, 2.05) is 31.5 Å². The van der Waals surface area contributed by atoms with Crippen molar-refractivity contribution in [1.29, 1.82) is 0 Å². The molecule has 0 aromatic carbocycles. The standard InChI is InChI=1S/C11H14N4OS/c1-7-4-9(8(2)15(7)3)10(16)5-17-11-12-6-13-14-11/h4,6H,5H2,1-3H3,(H,12,13,14). The molecule has 2 aromatic rings. The third-order valence-electron chi connectivity index (χ3n) is 2.81. The molecule has 0 saturated carbocycles. The molecular weight excluding hydrogens is 236 g/mol. The summed E-state index contributed by atoms with van der Waals surface area (Å²) in [6.45, 7) is 3.95. The number of thioether (sulfide) groups is 1. The molecule has 17 heavy (non-hydrogen) atoms. The zero-order chi connectivity index (χ0) is 12.4. The summed E-state index contributed by atoms with van der Waals surface area (Å²) in [5.41, 5.74) is 2.89. The second kappa shape index (κ2) is 4.75. The van der Waals surface area contributed by atoms with Gasteiger partial charge in [0.1, 0.15) is 6.33 Å². The average molecular weight is 250 g/mol. The molecule has 2 rings (SSSR count). The van der Waals surface area contributed by atoms with Crippen LogP contribution in [0.4, 0.5) is 0 Å². The van der Waals surface area contributed by atoms with E-state index < -0.39 is 0 Å². The van der Waals surface area contributed by atoms with Crippen LogP contribution >= 0.6 is 11.8 Å². The second-order valence-corrected chi connectivity index (χ2v) is 4.81. The Morgan fingerprint density at radius 1 is 1.53 bits per heavy atom. The van der Waals surface area contributed by atoms with Gasteiger partial charge in [0.25, 0.3) is 0 Å². The van der Waals surface area contributed by atoms with E-state index in [0.717, 1.165) is 17.0 Å². The van der Waals surface area contributed by atoms with Crippen LogP contribution in [0.15, 0.2) is 17.6 Å². The summed E-state index contributed by atoms with van der Waals surface area (Å²) in [6.07, 6.45) is 1.44. The number of carbonyl (C=O) groups excluding carboxylic acids is 1. The molecule has 0 bridgehead atoms. The van der Waals surface area contributed by atoms with Crippen molar-refractivity contribution in [2.45, 2.75) is 19.0 Å². The number of nitrogens with zero attached hydrogens (tertiary/aromatic N) is 3. The van der Waals surface area contributed by atoms with E-state index >= 15 is 0 Å².